The molecule has 28 heavy (non-hydrogen) atoms. The second-order valence-corrected chi connectivity index (χ2v) is 8.36. The molecule has 2 aromatic carbocycles. The third-order valence-electron chi connectivity index (χ3n) is 4.71. The zero-order valence-corrected chi connectivity index (χ0v) is 17.1. The molecule has 5 nitrogen and oxygen atoms in total. The summed E-state index contributed by atoms with van der Waals surface area (Å²) in [6, 6.07) is 11.2. The Morgan fingerprint density at radius 3 is 2.75 bits per heavy atom. The van der Waals surface area contributed by atoms with Crippen molar-refractivity contribution in [1.82, 2.24) is 15.0 Å². The molecule has 1 atom stereocenters. The summed E-state index contributed by atoms with van der Waals surface area (Å²) in [5.41, 5.74) is 9.58. The first kappa shape index (κ1) is 19.2. The zero-order chi connectivity index (χ0) is 19.7. The molecule has 0 unspecified atom stereocenters. The number of halogens is 2. The fourth-order valence-corrected chi connectivity index (χ4v) is 4.39. The van der Waals surface area contributed by atoms with E-state index in [0.717, 1.165) is 34.0 Å². The van der Waals surface area contributed by atoms with Gasteiger partial charge in [-0.2, -0.15) is 0 Å². The first-order chi connectivity index (χ1) is 13.5. The van der Waals surface area contributed by atoms with Crippen LogP contribution in [0.3, 0.4) is 0 Å². The van der Waals surface area contributed by atoms with Gasteiger partial charge in [0, 0.05) is 34.8 Å². The number of anilines is 1. The third-order valence-corrected chi connectivity index (χ3v) is 6.20. The summed E-state index contributed by atoms with van der Waals surface area (Å²) in [6.45, 7) is 3.35. The molecule has 0 fully saturated rings. The SMILES string of the molecule is CCc1cn(-c2cc3c(cc2F)SC[C@H](N)CN3Cc2ccc(Cl)cc2)nn1. The van der Waals surface area contributed by atoms with Gasteiger partial charge in [-0.1, -0.05) is 35.9 Å². The largest absolute Gasteiger partial charge is 0.365 e. The van der Waals surface area contributed by atoms with E-state index in [1.807, 2.05) is 37.3 Å². The summed E-state index contributed by atoms with van der Waals surface area (Å²) in [6.07, 6.45) is 2.52. The number of hydrogen-bond donors (Lipinski definition) is 1. The van der Waals surface area contributed by atoms with E-state index in [2.05, 4.69) is 15.2 Å². The van der Waals surface area contributed by atoms with Crippen LogP contribution in [-0.4, -0.2) is 33.3 Å². The van der Waals surface area contributed by atoms with Crippen LogP contribution in [0.2, 0.25) is 5.02 Å². The fourth-order valence-electron chi connectivity index (χ4n) is 3.24. The lowest BCUT2D eigenvalue weighted by Crippen LogP contribution is -2.37. The Morgan fingerprint density at radius 1 is 1.25 bits per heavy atom. The van der Waals surface area contributed by atoms with Crippen molar-refractivity contribution < 1.29 is 4.39 Å². The van der Waals surface area contributed by atoms with Crippen LogP contribution < -0.4 is 10.6 Å². The van der Waals surface area contributed by atoms with E-state index in [1.165, 1.54) is 4.68 Å². The molecule has 1 aliphatic heterocycles. The second kappa shape index (κ2) is 8.11. The number of aryl methyl sites for hydroxylation is 1. The normalized spacial score (nSPS) is 16.7. The predicted molar refractivity (Wildman–Crippen MR) is 112 cm³/mol. The average molecular weight is 418 g/mol. The Morgan fingerprint density at radius 2 is 2.04 bits per heavy atom. The molecule has 0 saturated carbocycles. The molecule has 146 valence electrons. The van der Waals surface area contributed by atoms with Crippen molar-refractivity contribution in [2.24, 2.45) is 5.73 Å². The number of hydrogen-bond acceptors (Lipinski definition) is 5. The van der Waals surface area contributed by atoms with E-state index in [1.54, 1.807) is 24.0 Å². The van der Waals surface area contributed by atoms with Crippen LogP contribution in [0.1, 0.15) is 18.2 Å². The van der Waals surface area contributed by atoms with Crippen LogP contribution in [0, 0.1) is 5.82 Å². The molecule has 8 heteroatoms. The van der Waals surface area contributed by atoms with E-state index < -0.39 is 0 Å². The summed E-state index contributed by atoms with van der Waals surface area (Å²) in [4.78, 5) is 3.09. The fraction of sp³-hybridized carbons (Fsp3) is 0.300. The molecule has 1 aliphatic rings. The number of fused-ring (bicyclic) bond motifs is 1. The van der Waals surface area contributed by atoms with Crippen LogP contribution in [0.4, 0.5) is 10.1 Å². The second-order valence-electron chi connectivity index (χ2n) is 6.86. The molecule has 2 N–H and O–H groups in total. The molecule has 0 spiro atoms. The Kier molecular flexibility index (Phi) is 5.57. The lowest BCUT2D eigenvalue weighted by Gasteiger charge is -2.27. The Bertz CT molecular complexity index is 975. The number of nitrogens with zero attached hydrogens (tertiary/aromatic N) is 4. The summed E-state index contributed by atoms with van der Waals surface area (Å²) in [7, 11) is 0. The van der Waals surface area contributed by atoms with Crippen LogP contribution >= 0.6 is 23.4 Å². The van der Waals surface area contributed by atoms with Gasteiger partial charge < -0.3 is 10.6 Å². The molecule has 3 aromatic rings. The molecule has 0 bridgehead atoms. The first-order valence-corrected chi connectivity index (χ1v) is 10.5. The van der Waals surface area contributed by atoms with Gasteiger partial charge in [0.25, 0.3) is 0 Å². The highest BCUT2D eigenvalue weighted by atomic mass is 35.5. The van der Waals surface area contributed by atoms with Gasteiger partial charge in [-0.15, -0.1) is 16.9 Å². The van der Waals surface area contributed by atoms with Crippen LogP contribution in [-0.2, 0) is 13.0 Å². The molecular weight excluding hydrogens is 397 g/mol. The van der Waals surface area contributed by atoms with Gasteiger partial charge in [-0.05, 0) is 36.2 Å². The summed E-state index contributed by atoms with van der Waals surface area (Å²) < 4.78 is 16.3. The highest BCUT2D eigenvalue weighted by Crippen LogP contribution is 2.37. The lowest BCUT2D eigenvalue weighted by atomic mass is 10.1. The zero-order valence-electron chi connectivity index (χ0n) is 15.5. The Hall–Kier alpha value is -2.09. The van der Waals surface area contributed by atoms with Gasteiger partial charge >= 0.3 is 0 Å². The minimum absolute atomic E-state index is 0.00530. The van der Waals surface area contributed by atoms with Crippen molar-refractivity contribution in [3.8, 4) is 5.69 Å². The summed E-state index contributed by atoms with van der Waals surface area (Å²) in [5.74, 6) is 0.423. The highest BCUT2D eigenvalue weighted by molar-refractivity contribution is 7.99. The quantitative estimate of drug-likeness (QED) is 0.693. The number of aromatic nitrogens is 3. The van der Waals surface area contributed by atoms with Crippen molar-refractivity contribution in [2.75, 3.05) is 17.2 Å². The number of thioether (sulfide) groups is 1. The molecule has 0 saturated heterocycles. The number of rotatable bonds is 4. The monoisotopic (exact) mass is 417 g/mol. The third kappa shape index (κ3) is 4.01. The topological polar surface area (TPSA) is 60.0 Å². The summed E-state index contributed by atoms with van der Waals surface area (Å²) >= 11 is 7.60. The molecule has 0 amide bonds. The van der Waals surface area contributed by atoms with Crippen molar-refractivity contribution in [1.29, 1.82) is 0 Å². The van der Waals surface area contributed by atoms with Crippen LogP contribution in [0.5, 0.6) is 0 Å². The van der Waals surface area contributed by atoms with Crippen LogP contribution in [0.25, 0.3) is 5.69 Å². The van der Waals surface area contributed by atoms with Crippen LogP contribution in [0.15, 0.2) is 47.5 Å². The van der Waals surface area contributed by atoms with Gasteiger partial charge in [0.15, 0.2) is 0 Å². The maximum absolute atomic E-state index is 14.8. The van der Waals surface area contributed by atoms with Gasteiger partial charge in [-0.3, -0.25) is 0 Å². The van der Waals surface area contributed by atoms with E-state index in [4.69, 9.17) is 17.3 Å². The van der Waals surface area contributed by atoms with E-state index >= 15 is 0 Å². The molecule has 1 aromatic heterocycles. The van der Waals surface area contributed by atoms with E-state index in [9.17, 15) is 4.39 Å². The van der Waals surface area contributed by atoms with Gasteiger partial charge in [0.2, 0.25) is 0 Å². The predicted octanol–water partition coefficient (Wildman–Crippen LogP) is 4.06. The van der Waals surface area contributed by atoms with E-state index in [-0.39, 0.29) is 11.9 Å². The van der Waals surface area contributed by atoms with E-state index in [0.29, 0.717) is 23.8 Å². The molecule has 0 aliphatic carbocycles. The average Bonchev–Trinajstić information content (AvgIpc) is 3.11. The van der Waals surface area contributed by atoms with Crippen molar-refractivity contribution in [3.63, 3.8) is 0 Å². The Balaban J connectivity index is 1.74. The Labute approximate surface area is 172 Å². The van der Waals surface area contributed by atoms with Gasteiger partial charge in [-0.25, -0.2) is 9.07 Å². The lowest BCUT2D eigenvalue weighted by molar-refractivity contribution is 0.602. The first-order valence-electron chi connectivity index (χ1n) is 9.16. The minimum Gasteiger partial charge on any atom is -0.365 e. The number of benzene rings is 2. The standard InChI is InChI=1S/C20H21ClFN5S/c1-2-16-11-27(25-24-16)18-8-19-20(7-17(18)22)28-12-15(23)10-26(19)9-13-3-5-14(21)6-4-13/h3-8,11,15H,2,9-10,12,23H2,1H3/t15-/m1/s1. The van der Waals surface area contributed by atoms with Crippen molar-refractivity contribution in [2.45, 2.75) is 30.8 Å². The maximum atomic E-state index is 14.8. The molecule has 4 rings (SSSR count). The minimum atomic E-state index is -0.319. The van der Waals surface area contributed by atoms with Gasteiger partial charge in [0.05, 0.1) is 17.6 Å². The molecule has 2 heterocycles. The van der Waals surface area contributed by atoms with Crippen molar-refractivity contribution in [3.05, 3.63) is 64.7 Å². The highest BCUT2D eigenvalue weighted by Gasteiger charge is 2.23. The smallest absolute Gasteiger partial charge is 0.150 e. The number of nitrogens with two attached hydrogens (primary N) is 1. The molecular formula is C20H21ClFN5S. The molecule has 0 radical (unpaired) electrons. The van der Waals surface area contributed by atoms with Crippen molar-refractivity contribution >= 4 is 29.1 Å². The summed E-state index contributed by atoms with van der Waals surface area (Å²) in [5, 5.41) is 8.87. The maximum Gasteiger partial charge on any atom is 0.150 e. The van der Waals surface area contributed by atoms with Gasteiger partial charge in [0.1, 0.15) is 11.5 Å².